The lowest BCUT2D eigenvalue weighted by molar-refractivity contribution is -0.123. The zero-order valence-electron chi connectivity index (χ0n) is 17.8. The maximum atomic E-state index is 13.2. The molecule has 0 bridgehead atoms. The van der Waals surface area contributed by atoms with Crippen LogP contribution < -0.4 is 0 Å². The standard InChI is InChI=1S/C24H21N3O3S3/c1-16-7-9-17(10-8-16)22-18(14-26(25-22)19-5-3-2-4-6-19)13-21-23(28)27(24(31)32-21)20-11-12-33(29,30)15-20/h2-10,13-14,20H,11-12,15H2,1H3/b21-13-/t20-/m0/s1. The Labute approximate surface area is 202 Å². The van der Waals surface area contributed by atoms with E-state index in [-0.39, 0.29) is 17.4 Å². The number of sulfone groups is 1. The first kappa shape index (κ1) is 22.1. The van der Waals surface area contributed by atoms with Gasteiger partial charge >= 0.3 is 0 Å². The second-order valence-electron chi connectivity index (χ2n) is 8.19. The maximum Gasteiger partial charge on any atom is 0.266 e. The summed E-state index contributed by atoms with van der Waals surface area (Å²) in [6.07, 6.45) is 4.13. The maximum absolute atomic E-state index is 13.2. The molecule has 2 fully saturated rings. The van der Waals surface area contributed by atoms with Crippen LogP contribution in [0.4, 0.5) is 0 Å². The molecule has 0 spiro atoms. The van der Waals surface area contributed by atoms with Gasteiger partial charge < -0.3 is 0 Å². The molecule has 2 aromatic carbocycles. The van der Waals surface area contributed by atoms with Crippen molar-refractivity contribution in [3.05, 3.63) is 76.8 Å². The molecular formula is C24H21N3O3S3. The predicted molar refractivity (Wildman–Crippen MR) is 136 cm³/mol. The first-order valence-electron chi connectivity index (χ1n) is 10.5. The van der Waals surface area contributed by atoms with E-state index < -0.39 is 15.9 Å². The average Bonchev–Trinajstić information content (AvgIpc) is 3.45. The molecule has 5 rings (SSSR count). The van der Waals surface area contributed by atoms with Gasteiger partial charge in [0, 0.05) is 17.3 Å². The second-order valence-corrected chi connectivity index (χ2v) is 12.1. The topological polar surface area (TPSA) is 72.3 Å². The van der Waals surface area contributed by atoms with E-state index in [1.165, 1.54) is 16.7 Å². The number of para-hydroxylation sites is 1. The number of aryl methyl sites for hydroxylation is 1. The Kier molecular flexibility index (Phi) is 5.72. The Morgan fingerprint density at radius 3 is 2.52 bits per heavy atom. The minimum atomic E-state index is -3.13. The van der Waals surface area contributed by atoms with Gasteiger partial charge in [-0.15, -0.1) is 0 Å². The summed E-state index contributed by atoms with van der Waals surface area (Å²) in [4.78, 5) is 15.2. The third-order valence-corrected chi connectivity index (χ3v) is 8.85. The Morgan fingerprint density at radius 2 is 1.85 bits per heavy atom. The number of benzene rings is 2. The van der Waals surface area contributed by atoms with Crippen molar-refractivity contribution in [2.75, 3.05) is 11.5 Å². The highest BCUT2D eigenvalue weighted by Crippen LogP contribution is 2.37. The Morgan fingerprint density at radius 1 is 1.12 bits per heavy atom. The van der Waals surface area contributed by atoms with Crippen molar-refractivity contribution in [2.45, 2.75) is 19.4 Å². The van der Waals surface area contributed by atoms with Gasteiger partial charge in [0.2, 0.25) is 0 Å². The highest BCUT2D eigenvalue weighted by atomic mass is 32.2. The van der Waals surface area contributed by atoms with Crippen LogP contribution in [-0.2, 0) is 14.6 Å². The Bertz CT molecular complexity index is 1380. The first-order valence-corrected chi connectivity index (χ1v) is 13.5. The average molecular weight is 496 g/mol. The van der Waals surface area contributed by atoms with E-state index in [0.717, 1.165) is 28.1 Å². The monoisotopic (exact) mass is 495 g/mol. The van der Waals surface area contributed by atoms with E-state index in [2.05, 4.69) is 0 Å². The number of hydrogen-bond donors (Lipinski definition) is 0. The Hall–Kier alpha value is -2.75. The lowest BCUT2D eigenvalue weighted by atomic mass is 10.1. The molecule has 2 aliphatic rings. The quantitative estimate of drug-likeness (QED) is 0.398. The van der Waals surface area contributed by atoms with Gasteiger partial charge in [-0.1, -0.05) is 72.0 Å². The number of rotatable bonds is 4. The van der Waals surface area contributed by atoms with Crippen LogP contribution in [0.5, 0.6) is 0 Å². The largest absolute Gasteiger partial charge is 0.289 e. The van der Waals surface area contributed by atoms with Crippen LogP contribution in [0.15, 0.2) is 65.7 Å². The summed E-state index contributed by atoms with van der Waals surface area (Å²) >= 11 is 6.67. The normalized spacial score (nSPS) is 21.3. The summed E-state index contributed by atoms with van der Waals surface area (Å²) in [5.74, 6) is -0.183. The van der Waals surface area contributed by atoms with Crippen LogP contribution in [0.3, 0.4) is 0 Å². The van der Waals surface area contributed by atoms with Gasteiger partial charge in [-0.05, 0) is 31.6 Å². The molecule has 0 radical (unpaired) electrons. The highest BCUT2D eigenvalue weighted by molar-refractivity contribution is 8.26. The molecule has 6 nitrogen and oxygen atoms in total. The molecule has 1 atom stereocenters. The van der Waals surface area contributed by atoms with E-state index in [1.807, 2.05) is 73.8 Å². The molecule has 0 aliphatic carbocycles. The zero-order valence-corrected chi connectivity index (χ0v) is 20.3. The van der Waals surface area contributed by atoms with Crippen molar-refractivity contribution in [2.24, 2.45) is 0 Å². The summed E-state index contributed by atoms with van der Waals surface area (Å²) in [6, 6.07) is 17.5. The van der Waals surface area contributed by atoms with E-state index in [0.29, 0.717) is 15.6 Å². The summed E-state index contributed by atoms with van der Waals surface area (Å²) < 4.78 is 26.1. The van der Waals surface area contributed by atoms with Crippen LogP contribution in [-0.4, -0.2) is 50.9 Å². The number of hydrogen-bond acceptors (Lipinski definition) is 6. The molecule has 33 heavy (non-hydrogen) atoms. The van der Waals surface area contributed by atoms with E-state index >= 15 is 0 Å². The fourth-order valence-electron chi connectivity index (χ4n) is 4.06. The van der Waals surface area contributed by atoms with Crippen LogP contribution in [0.2, 0.25) is 0 Å². The molecule has 0 saturated carbocycles. The fraction of sp³-hybridized carbons (Fsp3) is 0.208. The number of carbonyl (C=O) groups excluding carboxylic acids is 1. The molecule has 9 heteroatoms. The van der Waals surface area contributed by atoms with Crippen LogP contribution in [0, 0.1) is 6.92 Å². The number of aromatic nitrogens is 2. The minimum absolute atomic E-state index is 0.0344. The van der Waals surface area contributed by atoms with Crippen LogP contribution in [0.1, 0.15) is 17.5 Å². The van der Waals surface area contributed by atoms with E-state index in [1.54, 1.807) is 4.68 Å². The summed E-state index contributed by atoms with van der Waals surface area (Å²) in [5, 5.41) is 4.81. The van der Waals surface area contributed by atoms with Crippen LogP contribution in [0.25, 0.3) is 23.0 Å². The SMILES string of the molecule is Cc1ccc(-c2nn(-c3ccccc3)cc2/C=C2\SC(=S)N([C@H]3CCS(=O)(=O)C3)C2=O)cc1. The van der Waals surface area contributed by atoms with Crippen molar-refractivity contribution >= 4 is 50.1 Å². The molecule has 0 unspecified atom stereocenters. The first-order chi connectivity index (χ1) is 15.8. The third-order valence-electron chi connectivity index (χ3n) is 5.77. The molecule has 1 amide bonds. The summed E-state index contributed by atoms with van der Waals surface area (Å²) in [7, 11) is -3.13. The number of amides is 1. The van der Waals surface area contributed by atoms with Crippen molar-refractivity contribution in [3.63, 3.8) is 0 Å². The zero-order chi connectivity index (χ0) is 23.2. The lowest BCUT2D eigenvalue weighted by Crippen LogP contribution is -2.39. The van der Waals surface area contributed by atoms with Gasteiger partial charge in [0.1, 0.15) is 4.32 Å². The molecule has 0 N–H and O–H groups in total. The van der Waals surface area contributed by atoms with Gasteiger partial charge in [-0.3, -0.25) is 9.69 Å². The lowest BCUT2D eigenvalue weighted by Gasteiger charge is -2.20. The smallest absolute Gasteiger partial charge is 0.266 e. The number of carbonyl (C=O) groups is 1. The minimum Gasteiger partial charge on any atom is -0.289 e. The second kappa shape index (κ2) is 8.55. The number of nitrogens with zero attached hydrogens (tertiary/aromatic N) is 3. The van der Waals surface area contributed by atoms with Gasteiger partial charge in [0.15, 0.2) is 9.84 Å². The van der Waals surface area contributed by atoms with E-state index in [4.69, 9.17) is 17.3 Å². The summed E-state index contributed by atoms with van der Waals surface area (Å²) in [6.45, 7) is 2.03. The summed E-state index contributed by atoms with van der Waals surface area (Å²) in [5.41, 5.74) is 4.55. The Balaban J connectivity index is 1.54. The van der Waals surface area contributed by atoms with Crippen molar-refractivity contribution in [3.8, 4) is 16.9 Å². The fourth-order valence-corrected chi connectivity index (χ4v) is 7.15. The van der Waals surface area contributed by atoms with Gasteiger partial charge in [-0.2, -0.15) is 5.10 Å². The van der Waals surface area contributed by atoms with Gasteiger partial charge in [-0.25, -0.2) is 13.1 Å². The number of thioether (sulfide) groups is 1. The molecule has 168 valence electrons. The van der Waals surface area contributed by atoms with Crippen molar-refractivity contribution in [1.29, 1.82) is 0 Å². The molecule has 3 aromatic rings. The molecular weight excluding hydrogens is 474 g/mol. The third kappa shape index (κ3) is 4.40. The predicted octanol–water partition coefficient (Wildman–Crippen LogP) is 4.24. The van der Waals surface area contributed by atoms with Gasteiger partial charge in [0.25, 0.3) is 5.91 Å². The molecule has 2 saturated heterocycles. The molecule has 2 aliphatic heterocycles. The van der Waals surface area contributed by atoms with Gasteiger partial charge in [0.05, 0.1) is 33.8 Å². The highest BCUT2D eigenvalue weighted by Gasteiger charge is 2.42. The van der Waals surface area contributed by atoms with Crippen molar-refractivity contribution in [1.82, 2.24) is 14.7 Å². The van der Waals surface area contributed by atoms with E-state index in [9.17, 15) is 13.2 Å². The van der Waals surface area contributed by atoms with Crippen LogP contribution >= 0.6 is 24.0 Å². The molecule has 1 aromatic heterocycles. The molecule has 3 heterocycles. The van der Waals surface area contributed by atoms with Crippen molar-refractivity contribution < 1.29 is 13.2 Å². The number of thiocarbonyl (C=S) groups is 1.